The summed E-state index contributed by atoms with van der Waals surface area (Å²) in [7, 11) is 0. The van der Waals surface area contributed by atoms with E-state index in [0.29, 0.717) is 13.0 Å². The molecule has 3 aromatic carbocycles. The fraction of sp³-hybridized carbons (Fsp3) is 0.154. The first-order valence-electron chi connectivity index (χ1n) is 9.99. The van der Waals surface area contributed by atoms with Crippen LogP contribution in [0, 0.1) is 6.92 Å². The minimum absolute atomic E-state index is 0.00527. The number of nitrogens with zero attached hydrogens (tertiary/aromatic N) is 2. The van der Waals surface area contributed by atoms with Gasteiger partial charge in [0, 0.05) is 29.6 Å². The van der Waals surface area contributed by atoms with Gasteiger partial charge in [-0.05, 0) is 42.3 Å². The number of fused-ring (bicyclic) bond motifs is 2. The van der Waals surface area contributed by atoms with Crippen molar-refractivity contribution < 1.29 is 4.79 Å². The number of amides is 1. The predicted octanol–water partition coefficient (Wildman–Crippen LogP) is 5.48. The molecule has 0 spiro atoms. The Morgan fingerprint density at radius 3 is 2.55 bits per heavy atom. The first-order valence-corrected chi connectivity index (χ1v) is 9.99. The fourth-order valence-electron chi connectivity index (χ4n) is 4.23. The highest BCUT2D eigenvalue weighted by atomic mass is 16.2. The van der Waals surface area contributed by atoms with Gasteiger partial charge in [-0.25, -0.2) is 0 Å². The summed E-state index contributed by atoms with van der Waals surface area (Å²) >= 11 is 0. The van der Waals surface area contributed by atoms with Gasteiger partial charge >= 0.3 is 0 Å². The number of rotatable bonds is 4. The number of aromatic nitrogens is 1. The molecule has 3 nitrogen and oxygen atoms in total. The van der Waals surface area contributed by atoms with E-state index in [1.165, 1.54) is 5.56 Å². The predicted molar refractivity (Wildman–Crippen MR) is 116 cm³/mol. The number of carbonyl (C=O) groups excluding carboxylic acids is 1. The lowest BCUT2D eigenvalue weighted by atomic mass is 10.00. The van der Waals surface area contributed by atoms with E-state index in [1.807, 2.05) is 41.3 Å². The van der Waals surface area contributed by atoms with Crippen molar-refractivity contribution in [2.75, 3.05) is 0 Å². The van der Waals surface area contributed by atoms with Crippen LogP contribution >= 0.6 is 0 Å². The molecule has 5 rings (SSSR count). The Bertz CT molecular complexity index is 1200. The molecule has 0 bridgehead atoms. The van der Waals surface area contributed by atoms with Gasteiger partial charge in [0.05, 0.1) is 11.6 Å². The van der Waals surface area contributed by atoms with Crippen LogP contribution in [0.2, 0.25) is 0 Å². The molecule has 1 aliphatic heterocycles. The third kappa shape index (κ3) is 3.29. The van der Waals surface area contributed by atoms with Crippen LogP contribution in [0.25, 0.3) is 10.9 Å². The maximum Gasteiger partial charge on any atom is 0.255 e. The van der Waals surface area contributed by atoms with Gasteiger partial charge in [-0.1, -0.05) is 66.2 Å². The van der Waals surface area contributed by atoms with Gasteiger partial charge in [0.25, 0.3) is 5.91 Å². The summed E-state index contributed by atoms with van der Waals surface area (Å²) in [5, 5.41) is 1.15. The third-order valence-corrected chi connectivity index (χ3v) is 5.69. The van der Waals surface area contributed by atoms with Crippen LogP contribution in [0.1, 0.15) is 38.8 Å². The molecule has 142 valence electrons. The molecule has 1 aliphatic rings. The Balaban J connectivity index is 1.51. The highest BCUT2D eigenvalue weighted by Gasteiger charge is 2.36. The van der Waals surface area contributed by atoms with E-state index in [-0.39, 0.29) is 11.9 Å². The Morgan fingerprint density at radius 1 is 0.897 bits per heavy atom. The monoisotopic (exact) mass is 378 g/mol. The molecule has 0 saturated carbocycles. The first-order chi connectivity index (χ1) is 14.2. The van der Waals surface area contributed by atoms with E-state index >= 15 is 0 Å². The molecular weight excluding hydrogens is 356 g/mol. The largest absolute Gasteiger partial charge is 0.327 e. The van der Waals surface area contributed by atoms with E-state index in [9.17, 15) is 4.79 Å². The van der Waals surface area contributed by atoms with E-state index in [1.54, 1.807) is 0 Å². The number of carbonyl (C=O) groups is 1. The summed E-state index contributed by atoms with van der Waals surface area (Å²) in [5.74, 6) is 0.103. The second-order valence-corrected chi connectivity index (χ2v) is 7.72. The van der Waals surface area contributed by atoms with Gasteiger partial charge in [-0.15, -0.1) is 0 Å². The topological polar surface area (TPSA) is 33.2 Å². The Hall–Kier alpha value is -3.46. The molecule has 2 heterocycles. The normalized spacial score (nSPS) is 15.7. The van der Waals surface area contributed by atoms with Crippen molar-refractivity contribution in [1.29, 1.82) is 0 Å². The van der Waals surface area contributed by atoms with Gasteiger partial charge in [0.15, 0.2) is 0 Å². The van der Waals surface area contributed by atoms with Crippen molar-refractivity contribution in [3.05, 3.63) is 113 Å². The van der Waals surface area contributed by atoms with Gasteiger partial charge in [-0.3, -0.25) is 9.78 Å². The molecule has 1 amide bonds. The smallest absolute Gasteiger partial charge is 0.255 e. The SMILES string of the molecule is Cc1ccc2nc(CC3c4ccccc4C(=O)N3Cc3ccccc3)ccc2c1. The van der Waals surface area contributed by atoms with E-state index in [0.717, 1.165) is 33.3 Å². The van der Waals surface area contributed by atoms with Gasteiger partial charge in [0.1, 0.15) is 0 Å². The minimum atomic E-state index is -0.00527. The van der Waals surface area contributed by atoms with Crippen molar-refractivity contribution in [3.8, 4) is 0 Å². The lowest BCUT2D eigenvalue weighted by molar-refractivity contribution is 0.0708. The first kappa shape index (κ1) is 17.6. The van der Waals surface area contributed by atoms with Crippen molar-refractivity contribution in [3.63, 3.8) is 0 Å². The molecular formula is C26H22N2O. The lowest BCUT2D eigenvalue weighted by Crippen LogP contribution is -2.29. The highest BCUT2D eigenvalue weighted by Crippen LogP contribution is 2.37. The van der Waals surface area contributed by atoms with Crippen molar-refractivity contribution in [2.24, 2.45) is 0 Å². The number of hydrogen-bond donors (Lipinski definition) is 0. The molecule has 29 heavy (non-hydrogen) atoms. The molecule has 3 heteroatoms. The number of aryl methyl sites for hydroxylation is 1. The summed E-state index contributed by atoms with van der Waals surface area (Å²) in [4.78, 5) is 20.0. The number of pyridine rings is 1. The Kier molecular flexibility index (Phi) is 4.36. The standard InChI is InChI=1S/C26H22N2O/c1-18-11-14-24-20(15-18)12-13-21(27-24)16-25-22-9-5-6-10-23(22)26(29)28(25)17-19-7-3-2-4-8-19/h2-15,25H,16-17H2,1H3. The molecule has 0 aliphatic carbocycles. The summed E-state index contributed by atoms with van der Waals surface area (Å²) in [6.45, 7) is 2.70. The van der Waals surface area contributed by atoms with Gasteiger partial charge in [-0.2, -0.15) is 0 Å². The van der Waals surface area contributed by atoms with Crippen LogP contribution < -0.4 is 0 Å². The molecule has 0 radical (unpaired) electrons. The average Bonchev–Trinajstić information content (AvgIpc) is 3.01. The molecule has 0 fully saturated rings. The lowest BCUT2D eigenvalue weighted by Gasteiger charge is -2.25. The van der Waals surface area contributed by atoms with E-state index < -0.39 is 0 Å². The summed E-state index contributed by atoms with van der Waals surface area (Å²) < 4.78 is 0. The molecule has 1 atom stereocenters. The Morgan fingerprint density at radius 2 is 1.69 bits per heavy atom. The number of hydrogen-bond acceptors (Lipinski definition) is 2. The van der Waals surface area contributed by atoms with Crippen molar-refractivity contribution >= 4 is 16.8 Å². The molecule has 1 unspecified atom stereocenters. The van der Waals surface area contributed by atoms with Crippen molar-refractivity contribution in [2.45, 2.75) is 25.9 Å². The molecule has 4 aromatic rings. The van der Waals surface area contributed by atoms with Crippen LogP contribution in [0.15, 0.2) is 84.9 Å². The minimum Gasteiger partial charge on any atom is -0.327 e. The quantitative estimate of drug-likeness (QED) is 0.471. The third-order valence-electron chi connectivity index (χ3n) is 5.69. The average molecular weight is 378 g/mol. The second kappa shape index (κ2) is 7.17. The summed E-state index contributed by atoms with van der Waals surface area (Å²) in [6, 6.07) is 28.7. The summed E-state index contributed by atoms with van der Waals surface area (Å²) in [6.07, 6.45) is 0.708. The zero-order valence-corrected chi connectivity index (χ0v) is 16.4. The van der Waals surface area contributed by atoms with Crippen LogP contribution in [0.3, 0.4) is 0 Å². The van der Waals surface area contributed by atoms with Crippen LogP contribution in [0.5, 0.6) is 0 Å². The fourth-order valence-corrected chi connectivity index (χ4v) is 4.23. The molecule has 0 saturated heterocycles. The van der Waals surface area contributed by atoms with Gasteiger partial charge < -0.3 is 4.90 Å². The highest BCUT2D eigenvalue weighted by molar-refractivity contribution is 5.99. The van der Waals surface area contributed by atoms with Crippen LogP contribution in [-0.2, 0) is 13.0 Å². The van der Waals surface area contributed by atoms with E-state index in [4.69, 9.17) is 4.98 Å². The Labute approximate surface area is 170 Å². The van der Waals surface area contributed by atoms with Crippen LogP contribution in [-0.4, -0.2) is 15.8 Å². The summed E-state index contributed by atoms with van der Waals surface area (Å²) in [5.41, 5.74) is 6.29. The molecule has 1 aromatic heterocycles. The maximum atomic E-state index is 13.2. The maximum absolute atomic E-state index is 13.2. The van der Waals surface area contributed by atoms with Crippen molar-refractivity contribution in [1.82, 2.24) is 9.88 Å². The van der Waals surface area contributed by atoms with Crippen LogP contribution in [0.4, 0.5) is 0 Å². The molecule has 0 N–H and O–H groups in total. The van der Waals surface area contributed by atoms with Gasteiger partial charge in [0.2, 0.25) is 0 Å². The second-order valence-electron chi connectivity index (χ2n) is 7.72. The number of benzene rings is 3. The zero-order chi connectivity index (χ0) is 19.8. The zero-order valence-electron chi connectivity index (χ0n) is 16.4. The van der Waals surface area contributed by atoms with E-state index in [2.05, 4.69) is 55.5 Å².